The Labute approximate surface area is 157 Å². The average molecular weight is 364 g/mol. The molecule has 0 fully saturated rings. The smallest absolute Gasteiger partial charge is 0.306 e. The summed E-state index contributed by atoms with van der Waals surface area (Å²) in [6.45, 7) is -0.313. The SMILES string of the molecule is COc1ccccc1C(=O)COC(=O)CCc1ccc(-c2ccccc2)o1. The third-order valence-corrected chi connectivity index (χ3v) is 4.07. The zero-order valence-electron chi connectivity index (χ0n) is 15.0. The maximum Gasteiger partial charge on any atom is 0.306 e. The fourth-order valence-corrected chi connectivity index (χ4v) is 2.67. The molecule has 3 aromatic rings. The van der Waals surface area contributed by atoms with Crippen LogP contribution in [0.2, 0.25) is 0 Å². The Hall–Kier alpha value is -3.34. The average Bonchev–Trinajstić information content (AvgIpc) is 3.20. The van der Waals surface area contributed by atoms with E-state index in [2.05, 4.69) is 0 Å². The van der Waals surface area contributed by atoms with Gasteiger partial charge < -0.3 is 13.9 Å². The van der Waals surface area contributed by atoms with Gasteiger partial charge in [-0.3, -0.25) is 9.59 Å². The molecule has 0 saturated heterocycles. The monoisotopic (exact) mass is 364 g/mol. The topological polar surface area (TPSA) is 65.7 Å². The summed E-state index contributed by atoms with van der Waals surface area (Å²) >= 11 is 0. The van der Waals surface area contributed by atoms with Crippen molar-refractivity contribution in [3.63, 3.8) is 0 Å². The van der Waals surface area contributed by atoms with E-state index in [4.69, 9.17) is 13.9 Å². The molecule has 0 amide bonds. The number of rotatable bonds is 8. The first-order valence-corrected chi connectivity index (χ1v) is 8.63. The predicted molar refractivity (Wildman–Crippen MR) is 101 cm³/mol. The number of Topliss-reactive ketones (excluding diaryl/α,β-unsaturated/α-hetero) is 1. The van der Waals surface area contributed by atoms with Crippen molar-refractivity contribution < 1.29 is 23.5 Å². The van der Waals surface area contributed by atoms with Gasteiger partial charge >= 0.3 is 5.97 Å². The third-order valence-electron chi connectivity index (χ3n) is 4.07. The van der Waals surface area contributed by atoms with E-state index in [1.165, 1.54) is 7.11 Å². The highest BCUT2D eigenvalue weighted by Gasteiger charge is 2.14. The van der Waals surface area contributed by atoms with Crippen molar-refractivity contribution in [3.8, 4) is 17.1 Å². The number of methoxy groups -OCH3 is 1. The Morgan fingerprint density at radius 1 is 0.926 bits per heavy atom. The van der Waals surface area contributed by atoms with Crippen LogP contribution in [0.5, 0.6) is 5.75 Å². The second-order valence-electron chi connectivity index (χ2n) is 5.92. The molecule has 5 heteroatoms. The molecule has 0 aliphatic rings. The summed E-state index contributed by atoms with van der Waals surface area (Å²) in [4.78, 5) is 24.1. The molecule has 0 radical (unpaired) electrons. The van der Waals surface area contributed by atoms with Crippen molar-refractivity contribution >= 4 is 11.8 Å². The summed E-state index contributed by atoms with van der Waals surface area (Å²) in [7, 11) is 1.49. The van der Waals surface area contributed by atoms with Crippen LogP contribution in [0.1, 0.15) is 22.5 Å². The Kier molecular flexibility index (Phi) is 6.05. The van der Waals surface area contributed by atoms with Crippen molar-refractivity contribution in [2.75, 3.05) is 13.7 Å². The van der Waals surface area contributed by atoms with E-state index in [-0.39, 0.29) is 18.8 Å². The largest absolute Gasteiger partial charge is 0.496 e. The van der Waals surface area contributed by atoms with Crippen molar-refractivity contribution in [2.24, 2.45) is 0 Å². The Balaban J connectivity index is 1.49. The molecular formula is C22H20O5. The molecule has 138 valence electrons. The standard InChI is InChI=1S/C22H20O5/c1-25-21-10-6-5-9-18(21)19(23)15-26-22(24)14-12-17-11-13-20(27-17)16-7-3-2-4-8-16/h2-11,13H,12,14-15H2,1H3. The van der Waals surface area contributed by atoms with Gasteiger partial charge in [0.15, 0.2) is 6.61 Å². The summed E-state index contributed by atoms with van der Waals surface area (Å²) in [6.07, 6.45) is 0.551. The summed E-state index contributed by atoms with van der Waals surface area (Å²) in [5, 5.41) is 0. The Morgan fingerprint density at radius 2 is 1.67 bits per heavy atom. The first-order chi connectivity index (χ1) is 13.2. The van der Waals surface area contributed by atoms with Crippen LogP contribution in [-0.2, 0) is 16.0 Å². The van der Waals surface area contributed by atoms with Gasteiger partial charge in [-0.25, -0.2) is 0 Å². The second-order valence-corrected chi connectivity index (χ2v) is 5.92. The molecule has 0 spiro atoms. The number of ketones is 1. The minimum absolute atomic E-state index is 0.140. The van der Waals surface area contributed by atoms with E-state index >= 15 is 0 Å². The van der Waals surface area contributed by atoms with Crippen molar-refractivity contribution in [1.82, 2.24) is 0 Å². The van der Waals surface area contributed by atoms with Crippen LogP contribution < -0.4 is 4.74 Å². The van der Waals surface area contributed by atoms with E-state index in [9.17, 15) is 9.59 Å². The molecule has 0 unspecified atom stereocenters. The highest BCUT2D eigenvalue weighted by Crippen LogP contribution is 2.22. The lowest BCUT2D eigenvalue weighted by atomic mass is 10.1. The maximum atomic E-state index is 12.2. The van der Waals surface area contributed by atoms with E-state index in [1.807, 2.05) is 42.5 Å². The van der Waals surface area contributed by atoms with E-state index in [1.54, 1.807) is 24.3 Å². The highest BCUT2D eigenvalue weighted by atomic mass is 16.5. The van der Waals surface area contributed by atoms with Crippen LogP contribution in [0.3, 0.4) is 0 Å². The number of carbonyl (C=O) groups is 2. The highest BCUT2D eigenvalue weighted by molar-refractivity contribution is 6.00. The van der Waals surface area contributed by atoms with Crippen LogP contribution in [0.15, 0.2) is 71.1 Å². The lowest BCUT2D eigenvalue weighted by Gasteiger charge is -2.07. The number of para-hydroxylation sites is 1. The number of hydrogen-bond donors (Lipinski definition) is 0. The zero-order valence-corrected chi connectivity index (χ0v) is 15.0. The van der Waals surface area contributed by atoms with Crippen LogP contribution in [-0.4, -0.2) is 25.5 Å². The molecule has 5 nitrogen and oxygen atoms in total. The van der Waals surface area contributed by atoms with Crippen LogP contribution in [0, 0.1) is 0 Å². The van der Waals surface area contributed by atoms with Crippen molar-refractivity contribution in [1.29, 1.82) is 0 Å². The van der Waals surface area contributed by atoms with E-state index in [0.717, 1.165) is 11.3 Å². The number of aryl methyl sites for hydroxylation is 1. The number of hydrogen-bond acceptors (Lipinski definition) is 5. The van der Waals surface area contributed by atoms with Crippen LogP contribution >= 0.6 is 0 Å². The van der Waals surface area contributed by atoms with Crippen LogP contribution in [0.25, 0.3) is 11.3 Å². The second kappa shape index (κ2) is 8.85. The normalized spacial score (nSPS) is 10.4. The molecule has 0 aliphatic carbocycles. The van der Waals surface area contributed by atoms with Gasteiger partial charge in [-0.2, -0.15) is 0 Å². The van der Waals surface area contributed by atoms with Gasteiger partial charge in [0.25, 0.3) is 0 Å². The quantitative estimate of drug-likeness (QED) is 0.440. The maximum absolute atomic E-state index is 12.2. The Morgan fingerprint density at radius 3 is 2.44 bits per heavy atom. The number of benzene rings is 2. The van der Waals surface area contributed by atoms with E-state index in [0.29, 0.717) is 23.5 Å². The van der Waals surface area contributed by atoms with Crippen molar-refractivity contribution in [3.05, 3.63) is 78.1 Å². The third kappa shape index (κ3) is 4.85. The molecule has 27 heavy (non-hydrogen) atoms. The molecule has 2 aromatic carbocycles. The first-order valence-electron chi connectivity index (χ1n) is 8.63. The zero-order chi connectivity index (χ0) is 19.1. The van der Waals surface area contributed by atoms with Gasteiger partial charge in [0.1, 0.15) is 17.3 Å². The minimum atomic E-state index is -0.448. The van der Waals surface area contributed by atoms with Gasteiger partial charge in [0.05, 0.1) is 19.1 Å². The van der Waals surface area contributed by atoms with E-state index < -0.39 is 5.97 Å². The molecular weight excluding hydrogens is 344 g/mol. The van der Waals surface area contributed by atoms with Gasteiger partial charge in [-0.05, 0) is 24.3 Å². The summed E-state index contributed by atoms with van der Waals surface area (Å²) in [6, 6.07) is 20.3. The summed E-state index contributed by atoms with van der Waals surface area (Å²) < 4.78 is 16.0. The Bertz CT molecular complexity index is 911. The number of ether oxygens (including phenoxy) is 2. The fraction of sp³-hybridized carbons (Fsp3) is 0.182. The van der Waals surface area contributed by atoms with Crippen molar-refractivity contribution in [2.45, 2.75) is 12.8 Å². The molecule has 0 atom stereocenters. The van der Waals surface area contributed by atoms with Gasteiger partial charge in [-0.15, -0.1) is 0 Å². The molecule has 1 heterocycles. The summed E-state index contributed by atoms with van der Waals surface area (Å²) in [5.41, 5.74) is 1.38. The minimum Gasteiger partial charge on any atom is -0.496 e. The van der Waals surface area contributed by atoms with Gasteiger partial charge in [0, 0.05) is 12.0 Å². The predicted octanol–water partition coefficient (Wildman–Crippen LogP) is 4.31. The van der Waals surface area contributed by atoms with Crippen LogP contribution in [0.4, 0.5) is 0 Å². The summed E-state index contributed by atoms with van der Waals surface area (Å²) in [5.74, 6) is 1.16. The number of furan rings is 1. The molecule has 1 aromatic heterocycles. The fourth-order valence-electron chi connectivity index (χ4n) is 2.67. The molecule has 0 saturated carbocycles. The lowest BCUT2D eigenvalue weighted by Crippen LogP contribution is -2.15. The molecule has 0 N–H and O–H groups in total. The van der Waals surface area contributed by atoms with Gasteiger partial charge in [0.2, 0.25) is 5.78 Å². The molecule has 0 bridgehead atoms. The first kappa shape index (κ1) is 18.5. The van der Waals surface area contributed by atoms with Gasteiger partial charge in [-0.1, -0.05) is 42.5 Å². The number of carbonyl (C=O) groups excluding carboxylic acids is 2. The molecule has 3 rings (SSSR count). The molecule has 0 aliphatic heterocycles. The number of esters is 1. The lowest BCUT2D eigenvalue weighted by molar-refractivity contribution is -0.142.